The van der Waals surface area contributed by atoms with Gasteiger partial charge in [-0.2, -0.15) is 0 Å². The number of nitrogens with one attached hydrogen (secondary N) is 1. The smallest absolute Gasteiger partial charge is 0.255 e. The van der Waals surface area contributed by atoms with Gasteiger partial charge in [-0.3, -0.25) is 9.78 Å². The third kappa shape index (κ3) is 4.58. The molecule has 0 spiro atoms. The van der Waals surface area contributed by atoms with Crippen LogP contribution in [0, 0.1) is 5.82 Å². The largest absolute Gasteiger partial charge is 0.334 e. The van der Waals surface area contributed by atoms with Crippen LogP contribution in [0.4, 0.5) is 4.39 Å². The number of amides is 1. The molecule has 1 amide bonds. The van der Waals surface area contributed by atoms with E-state index in [2.05, 4.69) is 10.3 Å². The van der Waals surface area contributed by atoms with Gasteiger partial charge in [0, 0.05) is 25.3 Å². The van der Waals surface area contributed by atoms with Crippen LogP contribution >= 0.6 is 24.8 Å². The molecule has 1 aliphatic heterocycles. The van der Waals surface area contributed by atoms with Gasteiger partial charge in [-0.1, -0.05) is 6.92 Å². The lowest BCUT2D eigenvalue weighted by molar-refractivity contribution is 0.0691. The van der Waals surface area contributed by atoms with Crippen LogP contribution in [0.1, 0.15) is 30.1 Å². The van der Waals surface area contributed by atoms with Crippen LogP contribution in [0.15, 0.2) is 18.5 Å². The number of halogens is 3. The molecule has 0 aliphatic carbocycles. The molecule has 20 heavy (non-hydrogen) atoms. The van der Waals surface area contributed by atoms with Crippen LogP contribution in [0.2, 0.25) is 0 Å². The first-order valence-corrected chi connectivity index (χ1v) is 6.34. The van der Waals surface area contributed by atoms with E-state index in [0.717, 1.165) is 32.1 Å². The molecule has 1 aliphatic rings. The Bertz CT molecular complexity index is 428. The van der Waals surface area contributed by atoms with Gasteiger partial charge in [-0.15, -0.1) is 24.8 Å². The maximum Gasteiger partial charge on any atom is 0.255 e. The van der Waals surface area contributed by atoms with E-state index in [-0.39, 0.29) is 36.8 Å². The molecule has 0 bridgehead atoms. The van der Waals surface area contributed by atoms with E-state index < -0.39 is 5.82 Å². The lowest BCUT2D eigenvalue weighted by Gasteiger charge is -2.28. The molecule has 1 unspecified atom stereocenters. The van der Waals surface area contributed by atoms with Gasteiger partial charge in [0.15, 0.2) is 0 Å². The van der Waals surface area contributed by atoms with Crippen molar-refractivity contribution in [3.05, 3.63) is 29.8 Å². The van der Waals surface area contributed by atoms with Crippen molar-refractivity contribution in [2.75, 3.05) is 19.6 Å². The summed E-state index contributed by atoms with van der Waals surface area (Å²) < 4.78 is 13.1. The standard InChI is InChI=1S/C13H18FN3O.2ClH/c1-2-5-17(12-3-4-15-9-12)13(18)10-6-11(14)8-16-7-10;;/h6-8,12,15H,2-5,9H2,1H3;2*1H. The monoisotopic (exact) mass is 323 g/mol. The Morgan fingerprint density at radius 2 is 2.25 bits per heavy atom. The van der Waals surface area contributed by atoms with Gasteiger partial charge in [-0.25, -0.2) is 4.39 Å². The predicted molar refractivity (Wildman–Crippen MR) is 81.3 cm³/mol. The summed E-state index contributed by atoms with van der Waals surface area (Å²) in [6.45, 7) is 4.47. The first-order valence-electron chi connectivity index (χ1n) is 6.34. The molecule has 7 heteroatoms. The summed E-state index contributed by atoms with van der Waals surface area (Å²) in [7, 11) is 0. The molecule has 1 fully saturated rings. The Balaban J connectivity index is 0.00000180. The van der Waals surface area contributed by atoms with E-state index >= 15 is 0 Å². The maximum atomic E-state index is 13.1. The summed E-state index contributed by atoms with van der Waals surface area (Å²) >= 11 is 0. The highest BCUT2D eigenvalue weighted by Gasteiger charge is 2.26. The number of aromatic nitrogens is 1. The first kappa shape index (κ1) is 19.1. The Labute approximate surface area is 131 Å². The lowest BCUT2D eigenvalue weighted by Crippen LogP contribution is -2.42. The molecule has 1 atom stereocenters. The Morgan fingerprint density at radius 1 is 1.50 bits per heavy atom. The van der Waals surface area contributed by atoms with Crippen molar-refractivity contribution in [2.45, 2.75) is 25.8 Å². The SMILES string of the molecule is CCCN(C(=O)c1cncc(F)c1)C1CCNC1.Cl.Cl. The van der Waals surface area contributed by atoms with Crippen LogP contribution in [0.3, 0.4) is 0 Å². The Hall–Kier alpha value is -0.910. The van der Waals surface area contributed by atoms with Crippen molar-refractivity contribution in [2.24, 2.45) is 0 Å². The van der Waals surface area contributed by atoms with Gasteiger partial charge in [0.2, 0.25) is 0 Å². The number of hydrogen-bond acceptors (Lipinski definition) is 3. The number of pyridine rings is 1. The topological polar surface area (TPSA) is 45.2 Å². The van der Waals surface area contributed by atoms with Gasteiger partial charge >= 0.3 is 0 Å². The van der Waals surface area contributed by atoms with E-state index in [1.165, 1.54) is 12.3 Å². The summed E-state index contributed by atoms with van der Waals surface area (Å²) in [4.78, 5) is 17.9. The number of carbonyl (C=O) groups is 1. The number of carbonyl (C=O) groups excluding carboxylic acids is 1. The van der Waals surface area contributed by atoms with E-state index in [1.807, 2.05) is 11.8 Å². The van der Waals surface area contributed by atoms with Gasteiger partial charge < -0.3 is 10.2 Å². The molecular weight excluding hydrogens is 304 g/mol. The van der Waals surface area contributed by atoms with E-state index in [9.17, 15) is 9.18 Å². The minimum absolute atomic E-state index is 0. The molecule has 0 aromatic carbocycles. The van der Waals surface area contributed by atoms with E-state index in [4.69, 9.17) is 0 Å². The predicted octanol–water partition coefficient (Wildman–Crippen LogP) is 2.28. The first-order chi connectivity index (χ1) is 8.72. The summed E-state index contributed by atoms with van der Waals surface area (Å²) in [5.74, 6) is -0.598. The van der Waals surface area contributed by atoms with Crippen LogP contribution in [-0.2, 0) is 0 Å². The van der Waals surface area contributed by atoms with Crippen molar-refractivity contribution in [3.8, 4) is 0 Å². The van der Waals surface area contributed by atoms with Crippen LogP contribution in [0.5, 0.6) is 0 Å². The normalized spacial score (nSPS) is 17.0. The summed E-state index contributed by atoms with van der Waals surface area (Å²) in [6.07, 6.45) is 4.38. The highest BCUT2D eigenvalue weighted by molar-refractivity contribution is 5.94. The Morgan fingerprint density at radius 3 is 2.80 bits per heavy atom. The fourth-order valence-electron chi connectivity index (χ4n) is 2.29. The zero-order valence-electron chi connectivity index (χ0n) is 11.3. The fourth-order valence-corrected chi connectivity index (χ4v) is 2.29. The van der Waals surface area contributed by atoms with E-state index in [0.29, 0.717) is 12.1 Å². The second kappa shape index (κ2) is 9.10. The fraction of sp³-hybridized carbons (Fsp3) is 0.538. The molecule has 114 valence electrons. The number of hydrogen-bond donors (Lipinski definition) is 1. The molecule has 4 nitrogen and oxygen atoms in total. The van der Waals surface area contributed by atoms with Crippen molar-refractivity contribution >= 4 is 30.7 Å². The second-order valence-electron chi connectivity index (χ2n) is 4.54. The summed E-state index contributed by atoms with van der Waals surface area (Å²) in [5, 5.41) is 3.25. The highest BCUT2D eigenvalue weighted by atomic mass is 35.5. The van der Waals surface area contributed by atoms with Gasteiger partial charge in [0.1, 0.15) is 5.82 Å². The second-order valence-corrected chi connectivity index (χ2v) is 4.54. The van der Waals surface area contributed by atoms with Gasteiger partial charge in [0.05, 0.1) is 11.8 Å². The third-order valence-electron chi connectivity index (χ3n) is 3.15. The average Bonchev–Trinajstić information content (AvgIpc) is 2.89. The van der Waals surface area contributed by atoms with Crippen molar-refractivity contribution in [3.63, 3.8) is 0 Å². The molecule has 2 heterocycles. The Kier molecular flexibility index (Phi) is 8.69. The number of rotatable bonds is 4. The quantitative estimate of drug-likeness (QED) is 0.924. The minimum Gasteiger partial charge on any atom is -0.334 e. The lowest BCUT2D eigenvalue weighted by atomic mass is 10.1. The molecule has 1 N–H and O–H groups in total. The average molecular weight is 324 g/mol. The summed E-state index contributed by atoms with van der Waals surface area (Å²) in [5.41, 5.74) is 0.329. The van der Waals surface area contributed by atoms with Crippen molar-refractivity contribution in [1.29, 1.82) is 0 Å². The molecule has 1 aromatic heterocycles. The zero-order chi connectivity index (χ0) is 13.0. The molecule has 0 radical (unpaired) electrons. The van der Waals surface area contributed by atoms with Gasteiger partial charge in [-0.05, 0) is 25.5 Å². The maximum absolute atomic E-state index is 13.1. The van der Waals surface area contributed by atoms with Crippen molar-refractivity contribution in [1.82, 2.24) is 15.2 Å². The minimum atomic E-state index is -0.471. The summed E-state index contributed by atoms with van der Waals surface area (Å²) in [6, 6.07) is 1.46. The molecule has 1 saturated heterocycles. The molecule has 0 saturated carbocycles. The van der Waals surface area contributed by atoms with Crippen LogP contribution < -0.4 is 5.32 Å². The number of nitrogens with zero attached hydrogens (tertiary/aromatic N) is 2. The van der Waals surface area contributed by atoms with E-state index in [1.54, 1.807) is 0 Å². The van der Waals surface area contributed by atoms with Crippen LogP contribution in [0.25, 0.3) is 0 Å². The molecule has 1 aromatic rings. The van der Waals surface area contributed by atoms with Crippen molar-refractivity contribution < 1.29 is 9.18 Å². The zero-order valence-corrected chi connectivity index (χ0v) is 13.0. The molecular formula is C13H20Cl2FN3O. The van der Waals surface area contributed by atoms with Gasteiger partial charge in [0.25, 0.3) is 5.91 Å². The third-order valence-corrected chi connectivity index (χ3v) is 3.15. The van der Waals surface area contributed by atoms with Crippen LogP contribution in [-0.4, -0.2) is 41.5 Å². The molecule has 2 rings (SSSR count). The highest BCUT2D eigenvalue weighted by Crippen LogP contribution is 2.14.